The van der Waals surface area contributed by atoms with Gasteiger partial charge in [0.05, 0.1) is 36.3 Å². The molecule has 0 radical (unpaired) electrons. The Hall–Kier alpha value is -3.15. The average molecular weight is 390 g/mol. The molecule has 0 saturated heterocycles. The Morgan fingerprint density at radius 3 is 2.66 bits per heavy atom. The summed E-state index contributed by atoms with van der Waals surface area (Å²) in [5, 5.41) is 7.79. The second-order valence-electron chi connectivity index (χ2n) is 7.26. The van der Waals surface area contributed by atoms with Crippen LogP contribution < -0.4 is 10.1 Å². The van der Waals surface area contributed by atoms with Crippen LogP contribution in [0.5, 0.6) is 5.75 Å². The van der Waals surface area contributed by atoms with Crippen LogP contribution in [0.2, 0.25) is 0 Å². The van der Waals surface area contributed by atoms with Gasteiger partial charge in [-0.05, 0) is 62.2 Å². The summed E-state index contributed by atoms with van der Waals surface area (Å²) in [6, 6.07) is 15.5. The van der Waals surface area contributed by atoms with Gasteiger partial charge in [-0.1, -0.05) is 18.9 Å². The molecule has 1 saturated carbocycles. The second kappa shape index (κ2) is 8.90. The first-order valence-corrected chi connectivity index (χ1v) is 10.3. The molecule has 2 heterocycles. The number of hydrogen-bond acceptors (Lipinski definition) is 4. The highest BCUT2D eigenvalue weighted by molar-refractivity contribution is 5.94. The van der Waals surface area contributed by atoms with Gasteiger partial charge >= 0.3 is 0 Å². The van der Waals surface area contributed by atoms with E-state index in [4.69, 9.17) is 9.84 Å². The maximum absolute atomic E-state index is 12.5. The second-order valence-corrected chi connectivity index (χ2v) is 7.26. The van der Waals surface area contributed by atoms with Crippen LogP contribution in [-0.2, 0) is 6.54 Å². The standard InChI is InChI=1S/C23H26N4O2/c1-2-29-20-12-10-17(11-13-20)23(28)25-16-18-15-22(21-9-5-6-14-24-21)27(26-18)19-7-3-4-8-19/h5-6,9-15,19H,2-4,7-8,16H2,1H3,(H,25,28). The summed E-state index contributed by atoms with van der Waals surface area (Å²) >= 11 is 0. The van der Waals surface area contributed by atoms with Crippen molar-refractivity contribution in [2.45, 2.75) is 45.2 Å². The van der Waals surface area contributed by atoms with E-state index < -0.39 is 0 Å². The molecule has 0 spiro atoms. The lowest BCUT2D eigenvalue weighted by Gasteiger charge is -2.13. The van der Waals surface area contributed by atoms with E-state index in [1.54, 1.807) is 18.3 Å². The number of nitrogens with zero attached hydrogens (tertiary/aromatic N) is 3. The number of amides is 1. The molecule has 29 heavy (non-hydrogen) atoms. The van der Waals surface area contributed by atoms with Crippen molar-refractivity contribution in [3.05, 3.63) is 66.0 Å². The van der Waals surface area contributed by atoms with Gasteiger partial charge in [-0.25, -0.2) is 0 Å². The zero-order valence-corrected chi connectivity index (χ0v) is 16.7. The van der Waals surface area contributed by atoms with Crippen LogP contribution in [0.25, 0.3) is 11.4 Å². The van der Waals surface area contributed by atoms with Crippen molar-refractivity contribution in [1.82, 2.24) is 20.1 Å². The smallest absolute Gasteiger partial charge is 0.251 e. The van der Waals surface area contributed by atoms with Gasteiger partial charge in [0.25, 0.3) is 5.91 Å². The maximum atomic E-state index is 12.5. The molecule has 3 aromatic rings. The van der Waals surface area contributed by atoms with Crippen molar-refractivity contribution in [2.75, 3.05) is 6.61 Å². The minimum atomic E-state index is -0.122. The Morgan fingerprint density at radius 2 is 1.97 bits per heavy atom. The first-order chi connectivity index (χ1) is 14.2. The van der Waals surface area contributed by atoms with Crippen molar-refractivity contribution < 1.29 is 9.53 Å². The third-order valence-corrected chi connectivity index (χ3v) is 5.24. The summed E-state index contributed by atoms with van der Waals surface area (Å²) < 4.78 is 7.53. The van der Waals surface area contributed by atoms with E-state index in [0.717, 1.165) is 35.7 Å². The van der Waals surface area contributed by atoms with Crippen LogP contribution >= 0.6 is 0 Å². The summed E-state index contributed by atoms with van der Waals surface area (Å²) in [6.45, 7) is 2.92. The fraction of sp³-hybridized carbons (Fsp3) is 0.348. The number of benzene rings is 1. The number of nitrogens with one attached hydrogen (secondary N) is 1. The van der Waals surface area contributed by atoms with Crippen LogP contribution in [0.4, 0.5) is 0 Å². The number of ether oxygens (including phenoxy) is 1. The zero-order valence-electron chi connectivity index (χ0n) is 16.7. The van der Waals surface area contributed by atoms with E-state index in [0.29, 0.717) is 24.8 Å². The topological polar surface area (TPSA) is 69.0 Å². The van der Waals surface area contributed by atoms with Crippen molar-refractivity contribution in [2.24, 2.45) is 0 Å². The summed E-state index contributed by atoms with van der Waals surface area (Å²) in [6.07, 6.45) is 6.54. The van der Waals surface area contributed by atoms with E-state index in [9.17, 15) is 4.79 Å². The SMILES string of the molecule is CCOc1ccc(C(=O)NCc2cc(-c3ccccn3)n(C3CCCC3)n2)cc1. The fourth-order valence-corrected chi connectivity index (χ4v) is 3.81. The van der Waals surface area contributed by atoms with E-state index in [2.05, 4.69) is 15.0 Å². The number of rotatable bonds is 7. The maximum Gasteiger partial charge on any atom is 0.251 e. The highest BCUT2D eigenvalue weighted by Crippen LogP contribution is 2.33. The molecule has 0 atom stereocenters. The van der Waals surface area contributed by atoms with Crippen molar-refractivity contribution >= 4 is 5.91 Å². The van der Waals surface area contributed by atoms with Gasteiger partial charge in [-0.2, -0.15) is 5.10 Å². The molecule has 6 nitrogen and oxygen atoms in total. The van der Waals surface area contributed by atoms with E-state index in [-0.39, 0.29) is 5.91 Å². The monoisotopic (exact) mass is 390 g/mol. The first-order valence-electron chi connectivity index (χ1n) is 10.3. The number of aromatic nitrogens is 3. The molecule has 1 amide bonds. The molecule has 150 valence electrons. The number of carbonyl (C=O) groups excluding carboxylic acids is 1. The van der Waals surface area contributed by atoms with Gasteiger partial charge in [-0.15, -0.1) is 0 Å². The van der Waals surface area contributed by atoms with E-state index in [1.165, 1.54) is 12.8 Å². The lowest BCUT2D eigenvalue weighted by atomic mass is 10.2. The van der Waals surface area contributed by atoms with Crippen LogP contribution in [-0.4, -0.2) is 27.3 Å². The largest absolute Gasteiger partial charge is 0.494 e. The Morgan fingerprint density at radius 1 is 1.17 bits per heavy atom. The van der Waals surface area contributed by atoms with Gasteiger partial charge in [0.1, 0.15) is 5.75 Å². The predicted octanol–water partition coefficient (Wildman–Crippen LogP) is 4.39. The molecule has 1 aromatic carbocycles. The molecule has 1 aliphatic rings. The molecular weight excluding hydrogens is 364 g/mol. The summed E-state index contributed by atoms with van der Waals surface area (Å²) in [5.74, 6) is 0.641. The molecule has 4 rings (SSSR count). The summed E-state index contributed by atoms with van der Waals surface area (Å²) in [4.78, 5) is 17.0. The molecule has 1 N–H and O–H groups in total. The Balaban J connectivity index is 1.49. The lowest BCUT2D eigenvalue weighted by Crippen LogP contribution is -2.23. The molecule has 0 aliphatic heterocycles. The van der Waals surface area contributed by atoms with Crippen LogP contribution in [0.15, 0.2) is 54.7 Å². The van der Waals surface area contributed by atoms with Gasteiger partial charge in [0, 0.05) is 11.8 Å². The molecule has 1 aliphatic carbocycles. The van der Waals surface area contributed by atoms with Gasteiger partial charge in [0.2, 0.25) is 0 Å². The Bertz CT molecular complexity index is 945. The lowest BCUT2D eigenvalue weighted by molar-refractivity contribution is 0.0950. The van der Waals surface area contributed by atoms with Gasteiger partial charge in [-0.3, -0.25) is 14.5 Å². The van der Waals surface area contributed by atoms with E-state index in [1.807, 2.05) is 43.3 Å². The minimum absolute atomic E-state index is 0.122. The molecule has 0 unspecified atom stereocenters. The van der Waals surface area contributed by atoms with Gasteiger partial charge < -0.3 is 10.1 Å². The number of carbonyl (C=O) groups is 1. The van der Waals surface area contributed by atoms with Crippen LogP contribution in [0.1, 0.15) is 54.7 Å². The quantitative estimate of drug-likeness (QED) is 0.650. The molecule has 1 fully saturated rings. The van der Waals surface area contributed by atoms with Crippen LogP contribution in [0.3, 0.4) is 0 Å². The van der Waals surface area contributed by atoms with Crippen molar-refractivity contribution in [3.63, 3.8) is 0 Å². The Kier molecular flexibility index (Phi) is 5.89. The molecule has 2 aromatic heterocycles. The Labute approximate surface area is 170 Å². The summed E-state index contributed by atoms with van der Waals surface area (Å²) in [7, 11) is 0. The van der Waals surface area contributed by atoms with Crippen LogP contribution in [0, 0.1) is 0 Å². The van der Waals surface area contributed by atoms with Crippen molar-refractivity contribution in [1.29, 1.82) is 0 Å². The third-order valence-electron chi connectivity index (χ3n) is 5.24. The third kappa shape index (κ3) is 4.47. The highest BCUT2D eigenvalue weighted by atomic mass is 16.5. The highest BCUT2D eigenvalue weighted by Gasteiger charge is 2.22. The summed E-state index contributed by atoms with van der Waals surface area (Å²) in [5.41, 5.74) is 3.38. The predicted molar refractivity (Wildman–Crippen MR) is 112 cm³/mol. The van der Waals surface area contributed by atoms with Crippen molar-refractivity contribution in [3.8, 4) is 17.1 Å². The number of pyridine rings is 1. The molecule has 0 bridgehead atoms. The zero-order chi connectivity index (χ0) is 20.1. The van der Waals surface area contributed by atoms with E-state index >= 15 is 0 Å². The fourth-order valence-electron chi connectivity index (χ4n) is 3.81. The number of hydrogen-bond donors (Lipinski definition) is 1. The molecular formula is C23H26N4O2. The van der Waals surface area contributed by atoms with Gasteiger partial charge in [0.15, 0.2) is 0 Å². The normalized spacial score (nSPS) is 14.1. The molecule has 6 heteroatoms. The average Bonchev–Trinajstić information content (AvgIpc) is 3.43. The minimum Gasteiger partial charge on any atom is -0.494 e. The first kappa shape index (κ1) is 19.2.